The van der Waals surface area contributed by atoms with Crippen molar-refractivity contribution < 1.29 is 27.5 Å². The molecule has 7 nitrogen and oxygen atoms in total. The Morgan fingerprint density at radius 2 is 1.71 bits per heavy atom. The van der Waals surface area contributed by atoms with Gasteiger partial charge >= 0.3 is 12.4 Å². The van der Waals surface area contributed by atoms with Crippen molar-refractivity contribution in [2.75, 3.05) is 23.9 Å². The molecule has 0 saturated carbocycles. The predicted molar refractivity (Wildman–Crippen MR) is 122 cm³/mol. The van der Waals surface area contributed by atoms with Crippen molar-refractivity contribution in [2.45, 2.75) is 32.3 Å². The van der Waals surface area contributed by atoms with Crippen LogP contribution in [0.3, 0.4) is 0 Å². The Kier molecular flexibility index (Phi) is 5.63. The molecule has 0 atom stereocenters. The number of aromatic nitrogens is 1. The molecule has 3 amide bonds. The van der Waals surface area contributed by atoms with E-state index in [4.69, 9.17) is 0 Å². The lowest BCUT2D eigenvalue weighted by molar-refractivity contribution is -0.274. The van der Waals surface area contributed by atoms with Gasteiger partial charge in [-0.1, -0.05) is 0 Å². The van der Waals surface area contributed by atoms with E-state index >= 15 is 0 Å². The average molecular weight is 472 g/mol. The van der Waals surface area contributed by atoms with Crippen LogP contribution >= 0.6 is 0 Å². The summed E-state index contributed by atoms with van der Waals surface area (Å²) in [4.78, 5) is 35.3. The van der Waals surface area contributed by atoms with E-state index in [9.17, 15) is 22.8 Å². The van der Waals surface area contributed by atoms with Crippen LogP contribution in [0.2, 0.25) is 0 Å². The molecule has 1 fully saturated rings. The van der Waals surface area contributed by atoms with Gasteiger partial charge in [0, 0.05) is 37.9 Å². The van der Waals surface area contributed by atoms with E-state index in [1.807, 2.05) is 43.3 Å². The number of fused-ring (bicyclic) bond motifs is 1. The third kappa shape index (κ3) is 4.23. The number of amides is 3. The largest absolute Gasteiger partial charge is 0.573 e. The molecule has 178 valence electrons. The summed E-state index contributed by atoms with van der Waals surface area (Å²) in [6, 6.07) is 11.7. The maximum atomic E-state index is 13.4. The summed E-state index contributed by atoms with van der Waals surface area (Å²) in [5.74, 6) is -0.916. The number of hydrogen-bond acceptors (Lipinski definition) is 5. The molecule has 0 unspecified atom stereocenters. The van der Waals surface area contributed by atoms with Crippen LogP contribution in [0.5, 0.6) is 5.75 Å². The first-order chi connectivity index (χ1) is 15.9. The number of urea groups is 1. The molecule has 34 heavy (non-hydrogen) atoms. The first kappa shape index (κ1) is 23.3. The summed E-state index contributed by atoms with van der Waals surface area (Å²) in [7, 11) is 3.85. The van der Waals surface area contributed by atoms with Crippen molar-refractivity contribution in [3.63, 3.8) is 0 Å². The van der Waals surface area contributed by atoms with E-state index in [2.05, 4.69) is 9.72 Å². The van der Waals surface area contributed by atoms with Gasteiger partial charge in [0.25, 0.3) is 5.91 Å². The minimum Gasteiger partial charge on any atom is -0.406 e. The Hall–Kier alpha value is -3.82. The molecule has 1 saturated heterocycles. The van der Waals surface area contributed by atoms with E-state index in [1.165, 1.54) is 17.0 Å². The molecular formula is C24H23F3N4O3. The van der Waals surface area contributed by atoms with E-state index in [1.54, 1.807) is 20.0 Å². The number of pyridine rings is 1. The second kappa shape index (κ2) is 8.19. The highest BCUT2D eigenvalue weighted by molar-refractivity contribution is 6.23. The Morgan fingerprint density at radius 1 is 1.03 bits per heavy atom. The summed E-state index contributed by atoms with van der Waals surface area (Å²) >= 11 is 0. The number of halogens is 3. The third-order valence-electron chi connectivity index (χ3n) is 5.81. The van der Waals surface area contributed by atoms with Crippen molar-refractivity contribution in [1.29, 1.82) is 0 Å². The van der Waals surface area contributed by atoms with Gasteiger partial charge in [0.1, 0.15) is 11.3 Å². The van der Waals surface area contributed by atoms with Gasteiger partial charge in [0.05, 0.1) is 11.2 Å². The summed E-state index contributed by atoms with van der Waals surface area (Å²) in [6.45, 7) is 3.44. The van der Waals surface area contributed by atoms with Crippen molar-refractivity contribution in [3.05, 3.63) is 60.3 Å². The highest BCUT2D eigenvalue weighted by Crippen LogP contribution is 2.35. The van der Waals surface area contributed by atoms with Gasteiger partial charge in [0.15, 0.2) is 0 Å². The van der Waals surface area contributed by atoms with Crippen LogP contribution in [-0.2, 0) is 11.3 Å². The van der Waals surface area contributed by atoms with Gasteiger partial charge in [-0.15, -0.1) is 13.2 Å². The minimum atomic E-state index is -4.83. The molecule has 1 aliphatic rings. The van der Waals surface area contributed by atoms with Crippen molar-refractivity contribution >= 4 is 34.2 Å². The van der Waals surface area contributed by atoms with Crippen LogP contribution in [-0.4, -0.2) is 47.8 Å². The normalized spacial score (nSPS) is 15.9. The first-order valence-corrected chi connectivity index (χ1v) is 10.5. The zero-order valence-corrected chi connectivity index (χ0v) is 19.1. The average Bonchev–Trinajstić information content (AvgIpc) is 2.92. The number of rotatable bonds is 5. The van der Waals surface area contributed by atoms with E-state index < -0.39 is 29.6 Å². The van der Waals surface area contributed by atoms with Gasteiger partial charge in [-0.2, -0.15) is 0 Å². The minimum absolute atomic E-state index is 0.152. The Bertz CT molecular complexity index is 1260. The number of carbonyl (C=O) groups is 2. The number of ether oxygens (including phenoxy) is 1. The molecule has 3 aromatic rings. The standard InChI is InChI=1S/C24H23F3N4O3/c1-23(2)21(32)31(16-5-8-18(9-6-16)34-24(25,26)27)22(33)30(23)14-15-11-12-28-20-10-7-17(29(3)4)13-19(15)20/h5-13H,14H2,1-4H3. The summed E-state index contributed by atoms with van der Waals surface area (Å²) in [6.07, 6.45) is -3.18. The van der Waals surface area contributed by atoms with Crippen molar-refractivity contribution in [1.82, 2.24) is 9.88 Å². The Morgan fingerprint density at radius 3 is 2.32 bits per heavy atom. The van der Waals surface area contributed by atoms with Gasteiger partial charge in [-0.05, 0) is 67.9 Å². The van der Waals surface area contributed by atoms with E-state index in [-0.39, 0.29) is 12.2 Å². The van der Waals surface area contributed by atoms with Gasteiger partial charge in [-0.3, -0.25) is 9.78 Å². The maximum Gasteiger partial charge on any atom is 0.573 e. The Labute approximate surface area is 194 Å². The van der Waals surface area contributed by atoms with Gasteiger partial charge in [0.2, 0.25) is 0 Å². The SMILES string of the molecule is CN(C)c1ccc2nccc(CN3C(=O)N(c4ccc(OC(F)(F)F)cc4)C(=O)C3(C)C)c2c1. The van der Waals surface area contributed by atoms with Gasteiger partial charge < -0.3 is 14.5 Å². The fourth-order valence-corrected chi connectivity index (χ4v) is 3.90. The molecule has 10 heteroatoms. The van der Waals surface area contributed by atoms with Crippen LogP contribution in [0, 0.1) is 0 Å². The van der Waals surface area contributed by atoms with Crippen molar-refractivity contribution in [2.24, 2.45) is 0 Å². The molecule has 2 aromatic carbocycles. The molecule has 0 aliphatic carbocycles. The lowest BCUT2D eigenvalue weighted by atomic mass is 10.0. The lowest BCUT2D eigenvalue weighted by Gasteiger charge is -2.28. The number of hydrogen-bond donors (Lipinski definition) is 0. The Balaban J connectivity index is 1.66. The van der Waals surface area contributed by atoms with Crippen LogP contribution in [0.1, 0.15) is 19.4 Å². The summed E-state index contributed by atoms with van der Waals surface area (Å²) in [5, 5.41) is 0.858. The smallest absolute Gasteiger partial charge is 0.406 e. The monoisotopic (exact) mass is 472 g/mol. The number of nitrogens with zero attached hydrogens (tertiary/aromatic N) is 4. The maximum absolute atomic E-state index is 13.4. The van der Waals surface area contributed by atoms with E-state index in [0.29, 0.717) is 0 Å². The molecule has 1 aromatic heterocycles. The van der Waals surface area contributed by atoms with Crippen LogP contribution in [0.15, 0.2) is 54.7 Å². The van der Waals surface area contributed by atoms with Crippen molar-refractivity contribution in [3.8, 4) is 5.75 Å². The molecule has 4 rings (SSSR count). The zero-order chi connectivity index (χ0) is 24.8. The third-order valence-corrected chi connectivity index (χ3v) is 5.81. The highest BCUT2D eigenvalue weighted by atomic mass is 19.4. The molecule has 2 heterocycles. The summed E-state index contributed by atoms with van der Waals surface area (Å²) in [5.41, 5.74) is 1.53. The second-order valence-corrected chi connectivity index (χ2v) is 8.68. The van der Waals surface area contributed by atoms with Crippen LogP contribution < -0.4 is 14.5 Å². The second-order valence-electron chi connectivity index (χ2n) is 8.68. The predicted octanol–water partition coefficient (Wildman–Crippen LogP) is 4.95. The van der Waals surface area contributed by atoms with Crippen LogP contribution in [0.4, 0.5) is 29.3 Å². The molecule has 0 spiro atoms. The quantitative estimate of drug-likeness (QED) is 0.492. The molecule has 1 aliphatic heterocycles. The van der Waals surface area contributed by atoms with Gasteiger partial charge in [-0.25, -0.2) is 9.69 Å². The highest BCUT2D eigenvalue weighted by Gasteiger charge is 2.51. The number of anilines is 2. The number of imide groups is 1. The van der Waals surface area contributed by atoms with E-state index in [0.717, 1.165) is 39.2 Å². The number of alkyl halides is 3. The first-order valence-electron chi connectivity index (χ1n) is 10.5. The molecule has 0 N–H and O–H groups in total. The topological polar surface area (TPSA) is 66.0 Å². The number of carbonyl (C=O) groups excluding carboxylic acids is 2. The number of benzene rings is 2. The molecular weight excluding hydrogens is 449 g/mol. The lowest BCUT2D eigenvalue weighted by Crippen LogP contribution is -2.43. The van der Waals surface area contributed by atoms with Crippen LogP contribution in [0.25, 0.3) is 10.9 Å². The fraction of sp³-hybridized carbons (Fsp3) is 0.292. The fourth-order valence-electron chi connectivity index (χ4n) is 3.90. The molecule has 0 bridgehead atoms. The summed E-state index contributed by atoms with van der Waals surface area (Å²) < 4.78 is 41.2. The zero-order valence-electron chi connectivity index (χ0n) is 19.1. The molecule has 0 radical (unpaired) electrons.